The van der Waals surface area contributed by atoms with E-state index in [1.807, 2.05) is 13.8 Å². The number of esters is 3. The third-order valence-electron chi connectivity index (χ3n) is 6.80. The minimum atomic E-state index is -1.76. The highest BCUT2D eigenvalue weighted by atomic mass is 16.6. The monoisotopic (exact) mass is 562 g/mol. The van der Waals surface area contributed by atoms with Crippen LogP contribution in [0.15, 0.2) is 18.2 Å². The van der Waals surface area contributed by atoms with Crippen LogP contribution in [0.2, 0.25) is 0 Å². The molecule has 40 heavy (non-hydrogen) atoms. The molecule has 2 amide bonds. The number of anilines is 1. The topological polar surface area (TPSA) is 174 Å². The maximum Gasteiger partial charge on any atom is 0.348 e. The fourth-order valence-corrected chi connectivity index (χ4v) is 4.03. The highest BCUT2D eigenvalue weighted by Gasteiger charge is 2.47. The fourth-order valence-electron chi connectivity index (χ4n) is 4.03. The van der Waals surface area contributed by atoms with Crippen LogP contribution in [-0.4, -0.2) is 65.5 Å². The Bertz CT molecular complexity index is 1150. The van der Waals surface area contributed by atoms with Gasteiger partial charge in [0.05, 0.1) is 11.3 Å². The number of ketones is 1. The zero-order chi connectivity index (χ0) is 30.4. The molecule has 5 atom stereocenters. The molecule has 3 N–H and O–H groups in total. The normalized spacial score (nSPS) is 24.5. The molecule has 0 radical (unpaired) electrons. The SMILES string of the molecule is CCC(C)C1OC(=O)[C@@H](NC(=O)c2cccc(NC=O)c2O)[C@@H](C)OC(=O)C(C)(C)C(=O)C(CC(C)C)OC1=O. The van der Waals surface area contributed by atoms with Crippen molar-refractivity contribution in [2.45, 2.75) is 85.7 Å². The van der Waals surface area contributed by atoms with Gasteiger partial charge in [0.15, 0.2) is 23.7 Å². The standard InChI is InChI=1S/C28H38N2O10/c1-8-15(4)22-26(36)39-19(12-14(2)3)23(33)28(6,7)27(37)38-16(5)20(25(35)40-22)30-24(34)17-10-9-11-18(21(17)32)29-13-31/h9-11,13-16,19-20,22,32H,8,12H2,1-7H3,(H,29,31)(H,30,34)/t15?,16-,19?,20+,22?/m1/s1. The summed E-state index contributed by atoms with van der Waals surface area (Å²) in [6, 6.07) is 2.34. The Morgan fingerprint density at radius 3 is 2.30 bits per heavy atom. The van der Waals surface area contributed by atoms with Crippen LogP contribution >= 0.6 is 0 Å². The van der Waals surface area contributed by atoms with Gasteiger partial charge >= 0.3 is 17.9 Å². The molecule has 0 aromatic heterocycles. The number of aromatic hydroxyl groups is 1. The maximum atomic E-state index is 13.4. The minimum absolute atomic E-state index is 0.0563. The van der Waals surface area contributed by atoms with Gasteiger partial charge in [-0.25, -0.2) is 9.59 Å². The van der Waals surface area contributed by atoms with E-state index in [1.54, 1.807) is 13.8 Å². The van der Waals surface area contributed by atoms with Crippen LogP contribution in [0, 0.1) is 17.3 Å². The first-order valence-corrected chi connectivity index (χ1v) is 13.1. The average molecular weight is 563 g/mol. The lowest BCUT2D eigenvalue weighted by molar-refractivity contribution is -0.186. The number of Topliss-reactive ketones (excluding diaryl/α,β-unsaturated/α-hetero) is 1. The molecule has 1 saturated heterocycles. The Balaban J connectivity index is 2.54. The molecule has 1 aliphatic rings. The van der Waals surface area contributed by atoms with Gasteiger partial charge in [0.1, 0.15) is 11.5 Å². The maximum absolute atomic E-state index is 13.4. The number of cyclic esters (lactones) is 3. The molecule has 1 heterocycles. The second-order valence-electron chi connectivity index (χ2n) is 10.8. The van der Waals surface area contributed by atoms with Crippen LogP contribution < -0.4 is 10.6 Å². The van der Waals surface area contributed by atoms with Crippen molar-refractivity contribution in [2.75, 3.05) is 5.32 Å². The number of phenolic OH excluding ortho intramolecular Hbond substituents is 1. The second kappa shape index (κ2) is 13.4. The molecule has 220 valence electrons. The fraction of sp³-hybridized carbons (Fsp3) is 0.571. The van der Waals surface area contributed by atoms with E-state index in [0.717, 1.165) is 0 Å². The number of rotatable bonds is 8. The summed E-state index contributed by atoms with van der Waals surface area (Å²) in [5.41, 5.74) is -2.11. The van der Waals surface area contributed by atoms with Gasteiger partial charge in [0.2, 0.25) is 12.5 Å². The Morgan fingerprint density at radius 2 is 1.73 bits per heavy atom. The van der Waals surface area contributed by atoms with Gasteiger partial charge in [-0.2, -0.15) is 0 Å². The van der Waals surface area contributed by atoms with E-state index in [-0.39, 0.29) is 23.6 Å². The average Bonchev–Trinajstić information content (AvgIpc) is 2.88. The van der Waals surface area contributed by atoms with Crippen LogP contribution in [0.4, 0.5) is 5.69 Å². The predicted octanol–water partition coefficient (Wildman–Crippen LogP) is 2.52. The lowest BCUT2D eigenvalue weighted by Gasteiger charge is -2.33. The molecular formula is C28H38N2O10. The smallest absolute Gasteiger partial charge is 0.348 e. The van der Waals surface area contributed by atoms with Gasteiger partial charge in [0.25, 0.3) is 5.91 Å². The molecule has 3 unspecified atom stereocenters. The molecule has 0 saturated carbocycles. The molecule has 2 rings (SSSR count). The number of amides is 2. The molecule has 0 aliphatic carbocycles. The molecule has 0 spiro atoms. The molecular weight excluding hydrogens is 524 g/mol. The van der Waals surface area contributed by atoms with Gasteiger partial charge < -0.3 is 30.0 Å². The van der Waals surface area contributed by atoms with Crippen molar-refractivity contribution in [3.05, 3.63) is 23.8 Å². The lowest BCUT2D eigenvalue weighted by Crippen LogP contribution is -2.54. The highest BCUT2D eigenvalue weighted by Crippen LogP contribution is 2.29. The number of hydrogen-bond donors (Lipinski definition) is 3. The largest absolute Gasteiger partial charge is 0.505 e. The zero-order valence-corrected chi connectivity index (χ0v) is 23.8. The first-order valence-electron chi connectivity index (χ1n) is 13.1. The molecule has 12 nitrogen and oxygen atoms in total. The number of ether oxygens (including phenoxy) is 3. The van der Waals surface area contributed by atoms with Crippen molar-refractivity contribution < 1.29 is 48.1 Å². The molecule has 1 aromatic carbocycles. The van der Waals surface area contributed by atoms with E-state index < -0.39 is 71.0 Å². The lowest BCUT2D eigenvalue weighted by atomic mass is 9.82. The quantitative estimate of drug-likeness (QED) is 0.140. The molecule has 12 heteroatoms. The van der Waals surface area contributed by atoms with Crippen molar-refractivity contribution in [1.29, 1.82) is 0 Å². The van der Waals surface area contributed by atoms with E-state index in [2.05, 4.69) is 10.6 Å². The number of phenols is 1. The van der Waals surface area contributed by atoms with Crippen LogP contribution in [-0.2, 0) is 38.2 Å². The summed E-state index contributed by atoms with van der Waals surface area (Å²) in [6.07, 6.45) is -3.19. The number of hydrogen-bond acceptors (Lipinski definition) is 10. The van der Waals surface area contributed by atoms with Crippen LogP contribution in [0.1, 0.15) is 71.7 Å². The molecule has 0 bridgehead atoms. The van der Waals surface area contributed by atoms with E-state index in [0.29, 0.717) is 12.8 Å². The molecule has 1 aliphatic heterocycles. The van der Waals surface area contributed by atoms with E-state index in [4.69, 9.17) is 14.2 Å². The van der Waals surface area contributed by atoms with Crippen LogP contribution in [0.25, 0.3) is 0 Å². The number of benzene rings is 1. The summed E-state index contributed by atoms with van der Waals surface area (Å²) in [4.78, 5) is 77.2. The summed E-state index contributed by atoms with van der Waals surface area (Å²) in [6.45, 7) is 11.1. The molecule has 1 fully saturated rings. The number of carbonyl (C=O) groups excluding carboxylic acids is 6. The van der Waals surface area contributed by atoms with Gasteiger partial charge in [-0.1, -0.05) is 33.8 Å². The predicted molar refractivity (Wildman–Crippen MR) is 142 cm³/mol. The van der Waals surface area contributed by atoms with Gasteiger partial charge in [-0.3, -0.25) is 19.2 Å². The summed E-state index contributed by atoms with van der Waals surface area (Å²) >= 11 is 0. The van der Waals surface area contributed by atoms with Crippen molar-refractivity contribution >= 4 is 41.7 Å². The summed E-state index contributed by atoms with van der Waals surface area (Å²) in [7, 11) is 0. The Kier molecular flexibility index (Phi) is 10.8. The van der Waals surface area contributed by atoms with E-state index in [9.17, 15) is 33.9 Å². The summed E-state index contributed by atoms with van der Waals surface area (Å²) in [5, 5.41) is 15.1. The third kappa shape index (κ3) is 7.36. The zero-order valence-electron chi connectivity index (χ0n) is 23.8. The Hall–Kier alpha value is -3.96. The number of nitrogens with one attached hydrogen (secondary N) is 2. The first-order chi connectivity index (χ1) is 18.6. The Morgan fingerprint density at radius 1 is 1.07 bits per heavy atom. The van der Waals surface area contributed by atoms with Crippen molar-refractivity contribution in [3.8, 4) is 5.75 Å². The van der Waals surface area contributed by atoms with E-state index >= 15 is 0 Å². The van der Waals surface area contributed by atoms with Gasteiger partial charge in [-0.05, 0) is 51.7 Å². The number of carbonyl (C=O) groups is 6. The highest BCUT2D eigenvalue weighted by molar-refractivity contribution is 6.06. The van der Waals surface area contributed by atoms with Gasteiger partial charge in [0, 0.05) is 5.92 Å². The van der Waals surface area contributed by atoms with Crippen molar-refractivity contribution in [2.24, 2.45) is 17.3 Å². The van der Waals surface area contributed by atoms with Gasteiger partial charge in [-0.15, -0.1) is 0 Å². The minimum Gasteiger partial charge on any atom is -0.505 e. The van der Waals surface area contributed by atoms with E-state index in [1.165, 1.54) is 39.0 Å². The first kappa shape index (κ1) is 32.3. The van der Waals surface area contributed by atoms with Crippen LogP contribution in [0.5, 0.6) is 5.75 Å². The second-order valence-corrected chi connectivity index (χ2v) is 10.8. The van der Waals surface area contributed by atoms with Crippen molar-refractivity contribution in [1.82, 2.24) is 5.32 Å². The van der Waals surface area contributed by atoms with Crippen LogP contribution in [0.3, 0.4) is 0 Å². The Labute approximate surface area is 233 Å². The summed E-state index contributed by atoms with van der Waals surface area (Å²) < 4.78 is 16.6. The van der Waals surface area contributed by atoms with Crippen molar-refractivity contribution in [3.63, 3.8) is 0 Å². The molecule has 1 aromatic rings. The summed E-state index contributed by atoms with van der Waals surface area (Å²) in [5.74, 6) is -5.83. The third-order valence-corrected chi connectivity index (χ3v) is 6.80. The number of para-hydroxylation sites is 1.